The Morgan fingerprint density at radius 1 is 0.429 bits per heavy atom. The Kier molecular flexibility index (Phi) is 7.30. The van der Waals surface area contributed by atoms with Gasteiger partial charge in [0, 0.05) is 5.56 Å². The fraction of sp³-hybridized carbons (Fsp3) is 0.0638. The van der Waals surface area contributed by atoms with Crippen LogP contribution in [0.3, 0.4) is 0 Å². The standard InChI is InChI=1S/C47H34O2/c48-27-28-49-46-26-23-34(29-43(46)33-11-2-1-3-12-33)37-24-25-41-40-21-10-20-39(38-19-8-15-31-13-4-6-17-35(31)38)44(40)30-45(41)47(37)42-22-9-16-32-14-5-7-18-36(32)42/h1-26,29,48H,27-28,30H2. The molecule has 0 radical (unpaired) electrons. The van der Waals surface area contributed by atoms with Gasteiger partial charge in [-0.05, 0) is 101 Å². The van der Waals surface area contributed by atoms with Crippen molar-refractivity contribution in [3.8, 4) is 61.4 Å². The number of rotatable bonds is 7. The van der Waals surface area contributed by atoms with E-state index in [4.69, 9.17) is 4.74 Å². The highest BCUT2D eigenvalue weighted by Gasteiger charge is 2.28. The van der Waals surface area contributed by atoms with Gasteiger partial charge in [-0.15, -0.1) is 0 Å². The predicted molar refractivity (Wildman–Crippen MR) is 204 cm³/mol. The van der Waals surface area contributed by atoms with Crippen LogP contribution in [0.15, 0.2) is 164 Å². The molecule has 0 amide bonds. The van der Waals surface area contributed by atoms with Crippen LogP contribution in [0.2, 0.25) is 0 Å². The van der Waals surface area contributed by atoms with Crippen molar-refractivity contribution in [3.63, 3.8) is 0 Å². The van der Waals surface area contributed by atoms with Crippen molar-refractivity contribution < 1.29 is 9.84 Å². The Hall–Kier alpha value is -5.96. The Labute approximate surface area is 286 Å². The van der Waals surface area contributed by atoms with Gasteiger partial charge in [-0.3, -0.25) is 0 Å². The van der Waals surface area contributed by atoms with Crippen LogP contribution in [0.5, 0.6) is 5.75 Å². The first-order chi connectivity index (χ1) is 24.3. The molecule has 0 spiro atoms. The van der Waals surface area contributed by atoms with Gasteiger partial charge < -0.3 is 9.84 Å². The average Bonchev–Trinajstić information content (AvgIpc) is 3.56. The molecule has 234 valence electrons. The minimum atomic E-state index is -0.0344. The number of fused-ring (bicyclic) bond motifs is 5. The molecule has 8 aromatic carbocycles. The van der Waals surface area contributed by atoms with Gasteiger partial charge in [0.15, 0.2) is 0 Å². The minimum Gasteiger partial charge on any atom is -0.491 e. The number of aliphatic hydroxyl groups is 1. The normalized spacial score (nSPS) is 11.9. The second kappa shape index (κ2) is 12.2. The lowest BCUT2D eigenvalue weighted by Gasteiger charge is -2.19. The third-order valence-electron chi connectivity index (χ3n) is 10.00. The summed E-state index contributed by atoms with van der Waals surface area (Å²) in [6, 6.07) is 59.0. The molecule has 8 aromatic rings. The quantitative estimate of drug-likeness (QED) is 0.190. The van der Waals surface area contributed by atoms with Crippen molar-refractivity contribution in [2.24, 2.45) is 0 Å². The van der Waals surface area contributed by atoms with Gasteiger partial charge in [0.2, 0.25) is 0 Å². The second-order valence-electron chi connectivity index (χ2n) is 12.7. The van der Waals surface area contributed by atoms with Gasteiger partial charge >= 0.3 is 0 Å². The van der Waals surface area contributed by atoms with E-state index in [0.717, 1.165) is 28.9 Å². The van der Waals surface area contributed by atoms with Gasteiger partial charge in [0.05, 0.1) is 6.61 Å². The molecule has 0 aromatic heterocycles. The molecule has 9 rings (SSSR count). The van der Waals surface area contributed by atoms with Crippen LogP contribution in [0.1, 0.15) is 11.1 Å². The summed E-state index contributed by atoms with van der Waals surface area (Å²) < 4.78 is 6.06. The topological polar surface area (TPSA) is 29.5 Å². The second-order valence-corrected chi connectivity index (χ2v) is 12.7. The van der Waals surface area contributed by atoms with Crippen LogP contribution in [0.4, 0.5) is 0 Å². The number of hydrogen-bond acceptors (Lipinski definition) is 2. The van der Waals surface area contributed by atoms with E-state index in [1.165, 1.54) is 71.6 Å². The molecule has 1 N–H and O–H groups in total. The predicted octanol–water partition coefficient (Wildman–Crippen LogP) is 11.6. The smallest absolute Gasteiger partial charge is 0.127 e. The Balaban J connectivity index is 1.29. The molecule has 0 heterocycles. The largest absolute Gasteiger partial charge is 0.491 e. The lowest BCUT2D eigenvalue weighted by Crippen LogP contribution is -2.03. The van der Waals surface area contributed by atoms with Crippen LogP contribution in [0.25, 0.3) is 77.2 Å². The van der Waals surface area contributed by atoms with Crippen LogP contribution >= 0.6 is 0 Å². The average molecular weight is 631 g/mol. The van der Waals surface area contributed by atoms with Crippen molar-refractivity contribution in [2.75, 3.05) is 13.2 Å². The Bertz CT molecular complexity index is 2500. The van der Waals surface area contributed by atoms with Crippen molar-refractivity contribution in [1.29, 1.82) is 0 Å². The number of hydrogen-bond donors (Lipinski definition) is 1. The van der Waals surface area contributed by atoms with Gasteiger partial charge in [-0.2, -0.15) is 0 Å². The van der Waals surface area contributed by atoms with E-state index in [1.54, 1.807) is 0 Å². The van der Waals surface area contributed by atoms with E-state index in [9.17, 15) is 5.11 Å². The van der Waals surface area contributed by atoms with Crippen molar-refractivity contribution in [1.82, 2.24) is 0 Å². The molecule has 0 saturated carbocycles. The SMILES string of the molecule is OCCOc1ccc(-c2ccc3c(c2-c2cccc4ccccc24)Cc2c-3cccc2-c2cccc3ccccc23)cc1-c1ccccc1. The minimum absolute atomic E-state index is 0.0344. The van der Waals surface area contributed by atoms with E-state index in [2.05, 4.69) is 158 Å². The molecule has 0 fully saturated rings. The van der Waals surface area contributed by atoms with E-state index in [0.29, 0.717) is 0 Å². The molecular weight excluding hydrogens is 597 g/mol. The maximum atomic E-state index is 9.55. The Morgan fingerprint density at radius 3 is 1.76 bits per heavy atom. The molecule has 0 unspecified atom stereocenters. The van der Waals surface area contributed by atoms with E-state index in [-0.39, 0.29) is 13.2 Å². The van der Waals surface area contributed by atoms with Crippen LogP contribution in [0, 0.1) is 0 Å². The highest BCUT2D eigenvalue weighted by atomic mass is 16.5. The van der Waals surface area contributed by atoms with E-state index >= 15 is 0 Å². The van der Waals surface area contributed by atoms with E-state index < -0.39 is 0 Å². The van der Waals surface area contributed by atoms with Gasteiger partial charge in [0.1, 0.15) is 12.4 Å². The van der Waals surface area contributed by atoms with Crippen LogP contribution in [-0.2, 0) is 6.42 Å². The summed E-state index contributed by atoms with van der Waals surface area (Å²) >= 11 is 0. The third-order valence-corrected chi connectivity index (χ3v) is 10.00. The molecule has 2 heteroatoms. The van der Waals surface area contributed by atoms with Crippen LogP contribution in [-0.4, -0.2) is 18.3 Å². The molecule has 1 aliphatic rings. The highest BCUT2D eigenvalue weighted by molar-refractivity contribution is 6.06. The fourth-order valence-electron chi connectivity index (χ4n) is 7.82. The summed E-state index contributed by atoms with van der Waals surface area (Å²) in [5.74, 6) is 0.768. The number of benzene rings is 8. The Morgan fingerprint density at radius 2 is 1.00 bits per heavy atom. The highest BCUT2D eigenvalue weighted by Crippen LogP contribution is 2.50. The van der Waals surface area contributed by atoms with Gasteiger partial charge in [-0.25, -0.2) is 0 Å². The van der Waals surface area contributed by atoms with Crippen molar-refractivity contribution >= 4 is 21.5 Å². The summed E-state index contributed by atoms with van der Waals surface area (Å²) in [6.07, 6.45) is 0.847. The first-order valence-electron chi connectivity index (χ1n) is 17.0. The summed E-state index contributed by atoms with van der Waals surface area (Å²) in [7, 11) is 0. The molecular formula is C47H34O2. The lowest BCUT2D eigenvalue weighted by molar-refractivity contribution is 0.202. The molecule has 0 aliphatic heterocycles. The zero-order valence-corrected chi connectivity index (χ0v) is 27.1. The van der Waals surface area contributed by atoms with Gasteiger partial charge in [-0.1, -0.05) is 152 Å². The van der Waals surface area contributed by atoms with Crippen molar-refractivity contribution in [3.05, 3.63) is 175 Å². The summed E-state index contributed by atoms with van der Waals surface area (Å²) in [4.78, 5) is 0. The molecule has 0 bridgehead atoms. The maximum absolute atomic E-state index is 9.55. The van der Waals surface area contributed by atoms with Crippen molar-refractivity contribution in [2.45, 2.75) is 6.42 Å². The summed E-state index contributed by atoms with van der Waals surface area (Å²) in [6.45, 7) is 0.212. The third kappa shape index (κ3) is 5.01. The maximum Gasteiger partial charge on any atom is 0.127 e. The number of aliphatic hydroxyl groups excluding tert-OH is 1. The molecule has 2 nitrogen and oxygen atoms in total. The molecule has 49 heavy (non-hydrogen) atoms. The van der Waals surface area contributed by atoms with E-state index in [1.807, 2.05) is 6.07 Å². The summed E-state index contributed by atoms with van der Waals surface area (Å²) in [5, 5.41) is 14.6. The first kappa shape index (κ1) is 29.2. The first-order valence-corrected chi connectivity index (χ1v) is 17.0. The fourth-order valence-corrected chi connectivity index (χ4v) is 7.82. The summed E-state index contributed by atoms with van der Waals surface area (Å²) in [5.41, 5.74) is 14.9. The van der Waals surface area contributed by atoms with Crippen LogP contribution < -0.4 is 4.74 Å². The number of ether oxygens (including phenoxy) is 1. The zero-order chi connectivity index (χ0) is 32.7. The molecule has 1 aliphatic carbocycles. The monoisotopic (exact) mass is 630 g/mol. The van der Waals surface area contributed by atoms with Gasteiger partial charge in [0.25, 0.3) is 0 Å². The molecule has 0 atom stereocenters. The zero-order valence-electron chi connectivity index (χ0n) is 27.1. The lowest BCUT2D eigenvalue weighted by atomic mass is 9.85. The molecule has 0 saturated heterocycles.